The van der Waals surface area contributed by atoms with Gasteiger partial charge in [-0.3, -0.25) is 14.4 Å². The molecule has 6 nitrogen and oxygen atoms in total. The second kappa shape index (κ2) is 55.7. The highest BCUT2D eigenvalue weighted by atomic mass is 16.6. The highest BCUT2D eigenvalue weighted by molar-refractivity contribution is 5.71. The summed E-state index contributed by atoms with van der Waals surface area (Å²) in [6, 6.07) is 0. The molecule has 0 amide bonds. The summed E-state index contributed by atoms with van der Waals surface area (Å²) < 4.78 is 16.9. The molecule has 0 bridgehead atoms. The van der Waals surface area contributed by atoms with Gasteiger partial charge in [-0.1, -0.05) is 283 Å². The highest BCUT2D eigenvalue weighted by Crippen LogP contribution is 2.17. The lowest BCUT2D eigenvalue weighted by atomic mass is 10.0. The van der Waals surface area contributed by atoms with Gasteiger partial charge < -0.3 is 14.2 Å². The van der Waals surface area contributed by atoms with Crippen molar-refractivity contribution in [3.8, 4) is 0 Å². The van der Waals surface area contributed by atoms with Crippen LogP contribution in [-0.4, -0.2) is 37.2 Å². The van der Waals surface area contributed by atoms with Crippen LogP contribution in [0.3, 0.4) is 0 Å². The largest absolute Gasteiger partial charge is 0.462 e. The second-order valence-electron chi connectivity index (χ2n) is 20.3. The number of carbonyl (C=O) groups excluding carboxylic acids is 3. The van der Waals surface area contributed by atoms with Crippen molar-refractivity contribution in [2.75, 3.05) is 13.2 Å². The second-order valence-corrected chi connectivity index (χ2v) is 20.3. The van der Waals surface area contributed by atoms with Crippen LogP contribution in [0.15, 0.2) is 12.2 Å². The van der Waals surface area contributed by atoms with Gasteiger partial charge in [0.2, 0.25) is 0 Å². The molecule has 0 fully saturated rings. The van der Waals surface area contributed by atoms with E-state index in [1.807, 2.05) is 0 Å². The minimum atomic E-state index is -0.766. The maximum Gasteiger partial charge on any atom is 0.306 e. The number of ether oxygens (including phenoxy) is 3. The molecule has 6 heteroatoms. The normalized spacial score (nSPS) is 12.0. The van der Waals surface area contributed by atoms with Crippen molar-refractivity contribution in [3.63, 3.8) is 0 Å². The molecule has 0 aliphatic carbocycles. The average Bonchev–Trinajstić information content (AvgIpc) is 3.31. The molecule has 0 N–H and O–H groups in total. The fourth-order valence-electron chi connectivity index (χ4n) is 9.03. The van der Waals surface area contributed by atoms with Crippen LogP contribution < -0.4 is 0 Å². The van der Waals surface area contributed by atoms with Gasteiger partial charge in [-0.05, 0) is 44.9 Å². The Labute approximate surface area is 411 Å². The van der Waals surface area contributed by atoms with Gasteiger partial charge in [0, 0.05) is 19.3 Å². The Balaban J connectivity index is 4.29. The van der Waals surface area contributed by atoms with Crippen molar-refractivity contribution in [1.82, 2.24) is 0 Å². The van der Waals surface area contributed by atoms with Crippen molar-refractivity contribution < 1.29 is 28.6 Å². The zero-order chi connectivity index (χ0) is 47.9. The molecule has 0 aromatic rings. The molecule has 0 heterocycles. The van der Waals surface area contributed by atoms with Gasteiger partial charge >= 0.3 is 17.9 Å². The van der Waals surface area contributed by atoms with Crippen LogP contribution in [0.1, 0.15) is 335 Å². The van der Waals surface area contributed by atoms with Crippen molar-refractivity contribution >= 4 is 17.9 Å². The molecule has 0 saturated carbocycles. The van der Waals surface area contributed by atoms with E-state index >= 15 is 0 Å². The topological polar surface area (TPSA) is 78.9 Å². The van der Waals surface area contributed by atoms with Gasteiger partial charge in [0.15, 0.2) is 6.10 Å². The zero-order valence-electron chi connectivity index (χ0n) is 44.7. The Morgan fingerprint density at radius 2 is 0.500 bits per heavy atom. The number of esters is 3. The molecular weight excluding hydrogens is 817 g/mol. The first-order chi connectivity index (χ1) is 32.5. The molecule has 390 valence electrons. The molecule has 0 radical (unpaired) electrons. The van der Waals surface area contributed by atoms with E-state index in [1.165, 1.54) is 238 Å². The van der Waals surface area contributed by atoms with Crippen molar-refractivity contribution in [2.24, 2.45) is 0 Å². The Kier molecular flexibility index (Phi) is 54.2. The maximum absolute atomic E-state index is 12.9. The number of unbranched alkanes of at least 4 members (excludes halogenated alkanes) is 42. The summed E-state index contributed by atoms with van der Waals surface area (Å²) >= 11 is 0. The first-order valence-corrected chi connectivity index (χ1v) is 29.7. The van der Waals surface area contributed by atoms with Crippen LogP contribution in [0, 0.1) is 0 Å². The molecule has 0 saturated heterocycles. The summed E-state index contributed by atoms with van der Waals surface area (Å²) in [5.41, 5.74) is 0. The molecule has 1 atom stereocenters. The van der Waals surface area contributed by atoms with Crippen LogP contribution in [0.5, 0.6) is 0 Å². The molecule has 0 rings (SSSR count). The van der Waals surface area contributed by atoms with Crippen molar-refractivity contribution in [2.45, 2.75) is 341 Å². The summed E-state index contributed by atoms with van der Waals surface area (Å²) in [4.78, 5) is 38.1. The predicted molar refractivity (Wildman–Crippen MR) is 284 cm³/mol. The van der Waals surface area contributed by atoms with E-state index in [2.05, 4.69) is 32.9 Å². The first-order valence-electron chi connectivity index (χ1n) is 29.7. The maximum atomic E-state index is 12.9. The van der Waals surface area contributed by atoms with E-state index in [4.69, 9.17) is 14.2 Å². The number of hydrogen-bond acceptors (Lipinski definition) is 6. The smallest absolute Gasteiger partial charge is 0.306 e. The van der Waals surface area contributed by atoms with E-state index in [0.717, 1.165) is 57.8 Å². The van der Waals surface area contributed by atoms with Gasteiger partial charge in [0.25, 0.3) is 0 Å². The minimum Gasteiger partial charge on any atom is -0.462 e. The van der Waals surface area contributed by atoms with Gasteiger partial charge in [-0.15, -0.1) is 0 Å². The fraction of sp³-hybridized carbons (Fsp3) is 0.917. The monoisotopic (exact) mass is 931 g/mol. The van der Waals surface area contributed by atoms with Crippen LogP contribution in [0.2, 0.25) is 0 Å². The van der Waals surface area contributed by atoms with Crippen LogP contribution in [-0.2, 0) is 28.6 Å². The molecule has 0 aliphatic rings. The number of allylic oxidation sites excluding steroid dienone is 2. The van der Waals surface area contributed by atoms with E-state index < -0.39 is 6.10 Å². The number of carbonyl (C=O) groups is 3. The average molecular weight is 932 g/mol. The van der Waals surface area contributed by atoms with E-state index in [9.17, 15) is 14.4 Å². The fourth-order valence-corrected chi connectivity index (χ4v) is 9.03. The lowest BCUT2D eigenvalue weighted by Gasteiger charge is -2.18. The third-order valence-electron chi connectivity index (χ3n) is 13.5. The lowest BCUT2D eigenvalue weighted by Crippen LogP contribution is -2.30. The van der Waals surface area contributed by atoms with Crippen molar-refractivity contribution in [3.05, 3.63) is 12.2 Å². The molecule has 0 aromatic carbocycles. The third-order valence-corrected chi connectivity index (χ3v) is 13.5. The molecule has 1 unspecified atom stereocenters. The summed E-state index contributed by atoms with van der Waals surface area (Å²) in [5.74, 6) is -0.845. The molecular formula is C60H114O6. The SMILES string of the molecule is CCCCCCCCC/C=C\CCCCCCCCCC(=O)OCC(COC(=O)CCCCCCCCCCCCCC)OC(=O)CCCCCCCCCCCCCCCCCCCC. The first kappa shape index (κ1) is 64.2. The third kappa shape index (κ3) is 53.1. The summed E-state index contributed by atoms with van der Waals surface area (Å²) in [6.45, 7) is 6.69. The lowest BCUT2D eigenvalue weighted by molar-refractivity contribution is -0.167. The van der Waals surface area contributed by atoms with Crippen molar-refractivity contribution in [1.29, 1.82) is 0 Å². The van der Waals surface area contributed by atoms with Crippen LogP contribution >= 0.6 is 0 Å². The van der Waals surface area contributed by atoms with E-state index in [-0.39, 0.29) is 31.1 Å². The zero-order valence-corrected chi connectivity index (χ0v) is 44.7. The van der Waals surface area contributed by atoms with Gasteiger partial charge in [0.1, 0.15) is 13.2 Å². The summed E-state index contributed by atoms with van der Waals surface area (Å²) in [6.07, 6.45) is 63.5. The Hall–Kier alpha value is -1.85. The Bertz CT molecular complexity index is 1020. The van der Waals surface area contributed by atoms with Crippen LogP contribution in [0.25, 0.3) is 0 Å². The Morgan fingerprint density at radius 1 is 0.288 bits per heavy atom. The van der Waals surface area contributed by atoms with Gasteiger partial charge in [-0.2, -0.15) is 0 Å². The van der Waals surface area contributed by atoms with E-state index in [0.29, 0.717) is 19.3 Å². The minimum absolute atomic E-state index is 0.0653. The van der Waals surface area contributed by atoms with Gasteiger partial charge in [-0.25, -0.2) is 0 Å². The Morgan fingerprint density at radius 3 is 0.758 bits per heavy atom. The summed E-state index contributed by atoms with van der Waals surface area (Å²) in [7, 11) is 0. The predicted octanol–water partition coefficient (Wildman–Crippen LogP) is 19.7. The van der Waals surface area contributed by atoms with Gasteiger partial charge in [0.05, 0.1) is 0 Å². The quantitative estimate of drug-likeness (QED) is 0.0262. The molecule has 0 spiro atoms. The molecule has 0 aromatic heterocycles. The number of hydrogen-bond donors (Lipinski definition) is 0. The van der Waals surface area contributed by atoms with E-state index in [1.54, 1.807) is 0 Å². The number of rotatable bonds is 55. The highest BCUT2D eigenvalue weighted by Gasteiger charge is 2.19. The molecule has 66 heavy (non-hydrogen) atoms. The summed E-state index contributed by atoms with van der Waals surface area (Å²) in [5, 5.41) is 0. The van der Waals surface area contributed by atoms with Crippen LogP contribution in [0.4, 0.5) is 0 Å². The molecule has 0 aliphatic heterocycles. The standard InChI is InChI=1S/C60H114O6/c1-4-7-10-13-16-19-22-25-27-29-31-33-35-38-41-44-47-50-53-59(62)65-56-57(55-64-58(61)52-49-46-43-40-37-24-21-18-15-12-9-6-3)66-60(63)54-51-48-45-42-39-36-34-32-30-28-26-23-20-17-14-11-8-5-2/h27,29,57H,4-26,28,30-56H2,1-3H3/b29-27-.